The van der Waals surface area contributed by atoms with Gasteiger partial charge in [0, 0.05) is 17.5 Å². The average Bonchev–Trinajstić information content (AvgIpc) is 2.69. The minimum atomic E-state index is -0.958. The van der Waals surface area contributed by atoms with E-state index in [1.54, 1.807) is 6.92 Å². The van der Waals surface area contributed by atoms with Gasteiger partial charge in [-0.15, -0.1) is 11.3 Å². The van der Waals surface area contributed by atoms with E-state index in [0.717, 1.165) is 30.8 Å². The lowest BCUT2D eigenvalue weighted by Crippen LogP contribution is -2.27. The van der Waals surface area contributed by atoms with Crippen LogP contribution in [0, 0.1) is 6.92 Å². The molecule has 0 aliphatic heterocycles. The van der Waals surface area contributed by atoms with Gasteiger partial charge in [-0.1, -0.05) is 0 Å². The Kier molecular flexibility index (Phi) is 6.24. The van der Waals surface area contributed by atoms with Gasteiger partial charge in [-0.3, -0.25) is 0 Å². The van der Waals surface area contributed by atoms with Crippen molar-refractivity contribution in [3.05, 3.63) is 10.6 Å². The number of aromatic carboxylic acids is 1. The first-order chi connectivity index (χ1) is 8.91. The van der Waals surface area contributed by atoms with Gasteiger partial charge in [0.1, 0.15) is 0 Å². The van der Waals surface area contributed by atoms with E-state index >= 15 is 0 Å². The zero-order valence-electron chi connectivity index (χ0n) is 12.1. The highest BCUT2D eigenvalue weighted by Crippen LogP contribution is 2.21. The molecule has 1 aromatic heterocycles. The largest absolute Gasteiger partial charge is 0.476 e. The van der Waals surface area contributed by atoms with Crippen LogP contribution in [0.3, 0.4) is 0 Å². The molecule has 1 rings (SSSR count). The molecule has 0 saturated heterocycles. The Morgan fingerprint density at radius 1 is 1.47 bits per heavy atom. The minimum absolute atomic E-state index is 0.159. The van der Waals surface area contributed by atoms with Crippen molar-refractivity contribution in [3.8, 4) is 0 Å². The highest BCUT2D eigenvalue weighted by Gasteiger charge is 2.13. The molecule has 0 amide bonds. The molecule has 1 aromatic rings. The topological polar surface area (TPSA) is 65.5 Å². The number of thiazole rings is 1. The van der Waals surface area contributed by atoms with Gasteiger partial charge in [0.05, 0.1) is 0 Å². The number of hydrogen-bond acceptors (Lipinski definition) is 5. The Bertz CT molecular complexity index is 418. The maximum absolute atomic E-state index is 10.9. The van der Waals surface area contributed by atoms with Crippen LogP contribution in [-0.2, 0) is 0 Å². The van der Waals surface area contributed by atoms with Crippen molar-refractivity contribution in [2.45, 2.75) is 39.7 Å². The van der Waals surface area contributed by atoms with Crippen LogP contribution in [0.1, 0.15) is 42.1 Å². The van der Waals surface area contributed by atoms with Crippen LogP contribution in [0.15, 0.2) is 0 Å². The number of carboxylic acids is 1. The van der Waals surface area contributed by atoms with Crippen LogP contribution in [0.5, 0.6) is 0 Å². The van der Waals surface area contributed by atoms with Crippen LogP contribution in [0.25, 0.3) is 0 Å². The third-order valence-corrected chi connectivity index (χ3v) is 4.02. The third kappa shape index (κ3) is 5.16. The number of hydrogen-bond donors (Lipinski definition) is 2. The average molecular weight is 285 g/mol. The van der Waals surface area contributed by atoms with Gasteiger partial charge >= 0.3 is 5.97 Å². The third-order valence-electron chi connectivity index (χ3n) is 3.09. The molecule has 6 heteroatoms. The molecular weight excluding hydrogens is 262 g/mol. The molecule has 108 valence electrons. The predicted octanol–water partition coefficient (Wildman–Crippen LogP) is 2.68. The monoisotopic (exact) mass is 285 g/mol. The summed E-state index contributed by atoms with van der Waals surface area (Å²) in [5.41, 5.74) is 0.159. The normalized spacial score (nSPS) is 11.3. The minimum Gasteiger partial charge on any atom is -0.476 e. The molecule has 0 unspecified atom stereocenters. The van der Waals surface area contributed by atoms with E-state index in [-0.39, 0.29) is 5.69 Å². The highest BCUT2D eigenvalue weighted by molar-refractivity contribution is 7.15. The summed E-state index contributed by atoms with van der Waals surface area (Å²) in [5.74, 6) is -0.958. The van der Waals surface area contributed by atoms with E-state index in [9.17, 15) is 4.79 Å². The first kappa shape index (κ1) is 15.9. The lowest BCUT2D eigenvalue weighted by atomic mass is 10.2. The van der Waals surface area contributed by atoms with Crippen molar-refractivity contribution in [1.29, 1.82) is 0 Å². The van der Waals surface area contributed by atoms with Crippen molar-refractivity contribution in [1.82, 2.24) is 9.88 Å². The standard InChI is InChI=1S/C13H23N3O2S/c1-9(2)16(4)8-6-5-7-14-13-15-11(12(17)18)10(3)19-13/h9H,5-8H2,1-4H3,(H,14,15)(H,17,18). The number of rotatable bonds is 8. The number of carboxylic acid groups (broad SMARTS) is 1. The number of nitrogens with zero attached hydrogens (tertiary/aromatic N) is 2. The van der Waals surface area contributed by atoms with Crippen LogP contribution in [0.4, 0.5) is 5.13 Å². The molecule has 1 heterocycles. The lowest BCUT2D eigenvalue weighted by Gasteiger charge is -2.20. The molecule has 2 N–H and O–H groups in total. The van der Waals surface area contributed by atoms with E-state index in [1.807, 2.05) is 0 Å². The van der Waals surface area contributed by atoms with Crippen molar-refractivity contribution in [2.24, 2.45) is 0 Å². The highest BCUT2D eigenvalue weighted by atomic mass is 32.1. The van der Waals surface area contributed by atoms with Crippen molar-refractivity contribution >= 4 is 22.4 Å². The maximum Gasteiger partial charge on any atom is 0.355 e. The molecule has 5 nitrogen and oxygen atoms in total. The second-order valence-corrected chi connectivity index (χ2v) is 6.14. The van der Waals surface area contributed by atoms with Gasteiger partial charge in [0.2, 0.25) is 0 Å². The molecule has 0 aliphatic rings. The second-order valence-electron chi connectivity index (χ2n) is 4.94. The molecule has 0 radical (unpaired) electrons. The van der Waals surface area contributed by atoms with E-state index in [1.165, 1.54) is 11.3 Å². The van der Waals surface area contributed by atoms with E-state index < -0.39 is 5.97 Å². The van der Waals surface area contributed by atoms with Gasteiger partial charge in [-0.2, -0.15) is 0 Å². The van der Waals surface area contributed by atoms with E-state index in [2.05, 4.69) is 36.1 Å². The van der Waals surface area contributed by atoms with Crippen LogP contribution in [-0.4, -0.2) is 47.1 Å². The van der Waals surface area contributed by atoms with Crippen molar-refractivity contribution in [3.63, 3.8) is 0 Å². The quantitative estimate of drug-likeness (QED) is 0.719. The van der Waals surface area contributed by atoms with E-state index in [0.29, 0.717) is 11.2 Å². The fourth-order valence-electron chi connectivity index (χ4n) is 1.61. The first-order valence-electron chi connectivity index (χ1n) is 6.56. The summed E-state index contributed by atoms with van der Waals surface area (Å²) < 4.78 is 0. The summed E-state index contributed by atoms with van der Waals surface area (Å²) in [6.07, 6.45) is 2.18. The van der Waals surface area contributed by atoms with Crippen LogP contribution in [0.2, 0.25) is 0 Å². The summed E-state index contributed by atoms with van der Waals surface area (Å²) >= 11 is 1.40. The fourth-order valence-corrected chi connectivity index (χ4v) is 2.44. The lowest BCUT2D eigenvalue weighted by molar-refractivity contribution is 0.0690. The number of aryl methyl sites for hydroxylation is 1. The molecule has 0 atom stereocenters. The van der Waals surface area contributed by atoms with Gasteiger partial charge in [-0.05, 0) is 47.2 Å². The molecule has 0 aromatic carbocycles. The maximum atomic E-state index is 10.9. The molecule has 0 spiro atoms. The summed E-state index contributed by atoms with van der Waals surface area (Å²) in [6.45, 7) is 8.06. The first-order valence-corrected chi connectivity index (χ1v) is 7.38. The molecular formula is C13H23N3O2S. The number of nitrogens with one attached hydrogen (secondary N) is 1. The van der Waals surface area contributed by atoms with E-state index in [4.69, 9.17) is 5.11 Å². The Labute approximate surface area is 118 Å². The summed E-state index contributed by atoms with van der Waals surface area (Å²) in [4.78, 5) is 18.0. The molecule has 19 heavy (non-hydrogen) atoms. The summed E-state index contributed by atoms with van der Waals surface area (Å²) in [6, 6.07) is 0.577. The predicted molar refractivity (Wildman–Crippen MR) is 79.3 cm³/mol. The van der Waals surface area contributed by atoms with Gasteiger partial charge in [-0.25, -0.2) is 9.78 Å². The second kappa shape index (κ2) is 7.45. The molecule has 0 fully saturated rings. The number of carbonyl (C=O) groups is 1. The van der Waals surface area contributed by atoms with Gasteiger partial charge < -0.3 is 15.3 Å². The number of unbranched alkanes of at least 4 members (excludes halogenated alkanes) is 1. The molecule has 0 saturated carbocycles. The van der Waals surface area contributed by atoms with Gasteiger partial charge in [0.15, 0.2) is 10.8 Å². The summed E-state index contributed by atoms with van der Waals surface area (Å²) in [5, 5.41) is 12.8. The Morgan fingerprint density at radius 3 is 2.68 bits per heavy atom. The van der Waals surface area contributed by atoms with Crippen LogP contribution >= 0.6 is 11.3 Å². The van der Waals surface area contributed by atoms with Gasteiger partial charge in [0.25, 0.3) is 0 Å². The Morgan fingerprint density at radius 2 is 2.16 bits per heavy atom. The number of aromatic nitrogens is 1. The Hall–Kier alpha value is -1.14. The van der Waals surface area contributed by atoms with Crippen LogP contribution < -0.4 is 5.32 Å². The summed E-state index contributed by atoms with van der Waals surface area (Å²) in [7, 11) is 2.13. The van der Waals surface area contributed by atoms with Crippen molar-refractivity contribution < 1.29 is 9.90 Å². The molecule has 0 aliphatic carbocycles. The number of anilines is 1. The Balaban J connectivity index is 2.26. The zero-order chi connectivity index (χ0) is 14.4. The molecule has 0 bridgehead atoms. The fraction of sp³-hybridized carbons (Fsp3) is 0.692. The van der Waals surface area contributed by atoms with Crippen molar-refractivity contribution in [2.75, 3.05) is 25.5 Å². The smallest absolute Gasteiger partial charge is 0.355 e. The SMILES string of the molecule is Cc1sc(NCCCCN(C)C(C)C)nc1C(=O)O. The zero-order valence-corrected chi connectivity index (χ0v) is 12.9.